The fourth-order valence-electron chi connectivity index (χ4n) is 3.19. The van der Waals surface area contributed by atoms with Crippen molar-refractivity contribution in [2.45, 2.75) is 31.1 Å². The molecule has 0 saturated heterocycles. The molecule has 0 spiro atoms. The summed E-state index contributed by atoms with van der Waals surface area (Å²) in [6.07, 6.45) is -13.6. The van der Waals surface area contributed by atoms with Gasteiger partial charge in [0.25, 0.3) is 5.91 Å². The van der Waals surface area contributed by atoms with Crippen molar-refractivity contribution in [3.8, 4) is 0 Å². The van der Waals surface area contributed by atoms with Crippen LogP contribution in [-0.2, 0) is 38.0 Å². The maximum Gasteiger partial charge on any atom is 0.416 e. The number of benzene rings is 2. The number of esters is 2. The maximum atomic E-state index is 13.1. The highest BCUT2D eigenvalue weighted by Gasteiger charge is 2.41. The predicted molar refractivity (Wildman–Crippen MR) is 119 cm³/mol. The van der Waals surface area contributed by atoms with Crippen LogP contribution < -0.4 is 5.32 Å². The highest BCUT2D eigenvalue weighted by Crippen LogP contribution is 2.31. The first-order valence-corrected chi connectivity index (χ1v) is 11.0. The summed E-state index contributed by atoms with van der Waals surface area (Å²) in [6, 6.07) is 8.33. The van der Waals surface area contributed by atoms with Crippen LogP contribution in [0.5, 0.6) is 0 Å². The minimum atomic E-state index is -4.86. The van der Waals surface area contributed by atoms with Crippen molar-refractivity contribution in [3.05, 3.63) is 94.9 Å². The van der Waals surface area contributed by atoms with Crippen LogP contribution in [0, 0.1) is 0 Å². The average Bonchev–Trinajstić information content (AvgIpc) is 3.42. The lowest BCUT2D eigenvalue weighted by Crippen LogP contribution is -2.50. The Labute approximate surface area is 220 Å². The minimum absolute atomic E-state index is 0.157. The molecule has 0 aliphatic heterocycles. The number of halogens is 6. The van der Waals surface area contributed by atoms with Gasteiger partial charge in [0.05, 0.1) is 35.1 Å². The fourth-order valence-corrected chi connectivity index (χ4v) is 3.19. The number of ether oxygens (including phenoxy) is 2. The summed E-state index contributed by atoms with van der Waals surface area (Å²) in [4.78, 5) is 50.1. The van der Waals surface area contributed by atoms with Gasteiger partial charge >= 0.3 is 30.3 Å². The Hall–Kier alpha value is -4.82. The van der Waals surface area contributed by atoms with E-state index < -0.39 is 70.6 Å². The summed E-state index contributed by atoms with van der Waals surface area (Å²) in [6.45, 7) is -0.378. The Morgan fingerprint density at radius 2 is 1.27 bits per heavy atom. The van der Waals surface area contributed by atoms with E-state index in [0.29, 0.717) is 24.3 Å². The lowest BCUT2D eigenvalue weighted by atomic mass is 10.1. The SMILES string of the molecule is O=C(O[C@@H](C(=O)O)[C@@H](OC(=O)c1cccc(C(F)(F)F)c1)C(=O)NCc1ccco1)c1cccc(C(F)(F)F)c1. The van der Waals surface area contributed by atoms with Crippen molar-refractivity contribution in [2.75, 3.05) is 0 Å². The van der Waals surface area contributed by atoms with E-state index in [4.69, 9.17) is 13.9 Å². The lowest BCUT2D eigenvalue weighted by Gasteiger charge is -2.23. The standard InChI is InChI=1S/C25H17F6NO8/c26-24(27,28)15-6-1-4-13(10-15)22(36)39-18(20(33)32-12-17-8-3-9-38-17)19(21(34)35)40-23(37)14-5-2-7-16(11-14)25(29,30)31/h1-11,18-19H,12H2,(H,32,33)(H,34,35)/t18-,19-/m1/s1. The van der Waals surface area contributed by atoms with E-state index in [-0.39, 0.29) is 12.3 Å². The number of carboxylic acids is 1. The predicted octanol–water partition coefficient (Wildman–Crippen LogP) is 4.47. The van der Waals surface area contributed by atoms with Crippen molar-refractivity contribution in [1.82, 2.24) is 5.32 Å². The molecule has 212 valence electrons. The molecular weight excluding hydrogens is 556 g/mol. The molecule has 1 heterocycles. The molecule has 0 aliphatic carbocycles. The zero-order valence-electron chi connectivity index (χ0n) is 19.8. The summed E-state index contributed by atoms with van der Waals surface area (Å²) < 4.78 is 92.9. The minimum Gasteiger partial charge on any atom is -0.478 e. The first-order chi connectivity index (χ1) is 18.7. The molecule has 15 heteroatoms. The van der Waals surface area contributed by atoms with E-state index in [1.165, 1.54) is 18.4 Å². The van der Waals surface area contributed by atoms with E-state index in [9.17, 15) is 50.6 Å². The Bertz CT molecular complexity index is 1380. The first kappa shape index (κ1) is 29.7. The number of furan rings is 1. The van der Waals surface area contributed by atoms with Crippen LogP contribution >= 0.6 is 0 Å². The van der Waals surface area contributed by atoms with Crippen molar-refractivity contribution >= 4 is 23.8 Å². The topological polar surface area (TPSA) is 132 Å². The molecule has 0 saturated carbocycles. The largest absolute Gasteiger partial charge is 0.478 e. The Balaban J connectivity index is 1.91. The van der Waals surface area contributed by atoms with Gasteiger partial charge in [-0.05, 0) is 48.5 Å². The first-order valence-electron chi connectivity index (χ1n) is 11.0. The molecule has 1 amide bonds. The number of hydrogen-bond acceptors (Lipinski definition) is 7. The van der Waals surface area contributed by atoms with Gasteiger partial charge in [0.2, 0.25) is 12.2 Å². The molecule has 40 heavy (non-hydrogen) atoms. The van der Waals surface area contributed by atoms with E-state index in [0.717, 1.165) is 24.3 Å². The van der Waals surface area contributed by atoms with Crippen molar-refractivity contribution in [3.63, 3.8) is 0 Å². The molecular formula is C25H17F6NO8. The number of carbonyl (C=O) groups is 4. The monoisotopic (exact) mass is 573 g/mol. The molecule has 0 aliphatic rings. The number of carboxylic acid groups (broad SMARTS) is 1. The zero-order chi connectivity index (χ0) is 29.7. The lowest BCUT2D eigenvalue weighted by molar-refractivity contribution is -0.159. The molecule has 2 aromatic carbocycles. The smallest absolute Gasteiger partial charge is 0.416 e. The van der Waals surface area contributed by atoms with Crippen LogP contribution in [0.15, 0.2) is 71.3 Å². The third-order valence-electron chi connectivity index (χ3n) is 5.11. The molecule has 0 fully saturated rings. The number of aliphatic carboxylic acids is 1. The normalized spacial score (nSPS) is 13.2. The zero-order valence-corrected chi connectivity index (χ0v) is 19.8. The highest BCUT2D eigenvalue weighted by atomic mass is 19.4. The number of carbonyl (C=O) groups excluding carboxylic acids is 3. The van der Waals surface area contributed by atoms with E-state index in [1.54, 1.807) is 0 Å². The number of alkyl halides is 6. The Kier molecular flexibility index (Phi) is 8.86. The molecule has 3 rings (SSSR count). The van der Waals surface area contributed by atoms with E-state index in [2.05, 4.69) is 5.32 Å². The second-order valence-electron chi connectivity index (χ2n) is 7.94. The van der Waals surface area contributed by atoms with Crippen LogP contribution in [0.25, 0.3) is 0 Å². The molecule has 1 aromatic heterocycles. The summed E-state index contributed by atoms with van der Waals surface area (Å²) in [7, 11) is 0. The Morgan fingerprint density at radius 1 is 0.775 bits per heavy atom. The van der Waals surface area contributed by atoms with Gasteiger partial charge < -0.3 is 24.3 Å². The van der Waals surface area contributed by atoms with Gasteiger partial charge in [-0.2, -0.15) is 26.3 Å². The van der Waals surface area contributed by atoms with E-state index in [1.807, 2.05) is 0 Å². The second kappa shape index (κ2) is 11.9. The third-order valence-corrected chi connectivity index (χ3v) is 5.11. The molecule has 0 bridgehead atoms. The van der Waals surface area contributed by atoms with Gasteiger partial charge in [-0.25, -0.2) is 14.4 Å². The maximum absolute atomic E-state index is 13.1. The molecule has 2 atom stereocenters. The van der Waals surface area contributed by atoms with Gasteiger partial charge in [0.1, 0.15) is 5.76 Å². The van der Waals surface area contributed by atoms with E-state index >= 15 is 0 Å². The average molecular weight is 573 g/mol. The number of amides is 1. The summed E-state index contributed by atoms with van der Waals surface area (Å²) in [5, 5.41) is 11.8. The van der Waals surface area contributed by atoms with Gasteiger partial charge in [-0.15, -0.1) is 0 Å². The third kappa shape index (κ3) is 7.61. The van der Waals surface area contributed by atoms with Crippen LogP contribution in [0.4, 0.5) is 26.3 Å². The number of hydrogen-bond donors (Lipinski definition) is 2. The highest BCUT2D eigenvalue weighted by molar-refractivity contribution is 5.97. The van der Waals surface area contributed by atoms with Crippen LogP contribution in [0.1, 0.15) is 37.6 Å². The summed E-state index contributed by atoms with van der Waals surface area (Å²) >= 11 is 0. The van der Waals surface area contributed by atoms with Crippen molar-refractivity contribution in [2.24, 2.45) is 0 Å². The van der Waals surface area contributed by atoms with Gasteiger partial charge in [-0.3, -0.25) is 4.79 Å². The van der Waals surface area contributed by atoms with Crippen LogP contribution in [0.3, 0.4) is 0 Å². The van der Waals surface area contributed by atoms with Crippen LogP contribution in [0.2, 0.25) is 0 Å². The quantitative estimate of drug-likeness (QED) is 0.283. The van der Waals surface area contributed by atoms with Gasteiger partial charge in [0.15, 0.2) is 0 Å². The Morgan fingerprint density at radius 3 is 1.70 bits per heavy atom. The fraction of sp³-hybridized carbons (Fsp3) is 0.200. The van der Waals surface area contributed by atoms with Crippen molar-refractivity contribution in [1.29, 1.82) is 0 Å². The van der Waals surface area contributed by atoms with Gasteiger partial charge in [-0.1, -0.05) is 12.1 Å². The van der Waals surface area contributed by atoms with Gasteiger partial charge in [0, 0.05) is 0 Å². The number of nitrogens with one attached hydrogen (secondary N) is 1. The second-order valence-corrected chi connectivity index (χ2v) is 7.94. The molecule has 2 N–H and O–H groups in total. The number of rotatable bonds is 9. The van der Waals surface area contributed by atoms with Crippen LogP contribution in [-0.4, -0.2) is 41.1 Å². The molecule has 0 radical (unpaired) electrons. The molecule has 0 unspecified atom stereocenters. The molecule has 9 nitrogen and oxygen atoms in total. The summed E-state index contributed by atoms with van der Waals surface area (Å²) in [5.41, 5.74) is -4.00. The summed E-state index contributed by atoms with van der Waals surface area (Å²) in [5.74, 6) is -6.50. The van der Waals surface area contributed by atoms with Crippen molar-refractivity contribution < 1.29 is 64.5 Å². The molecule has 3 aromatic rings.